The molecule has 0 aliphatic carbocycles. The van der Waals surface area contributed by atoms with Gasteiger partial charge in [-0.1, -0.05) is 30.1 Å². The van der Waals surface area contributed by atoms with Crippen molar-refractivity contribution in [2.45, 2.75) is 19.4 Å². The molecule has 0 bridgehead atoms. The summed E-state index contributed by atoms with van der Waals surface area (Å²) in [6.07, 6.45) is 1.26. The Morgan fingerprint density at radius 2 is 2.29 bits per heavy atom. The number of benzene rings is 1. The molecule has 1 aromatic rings. The lowest BCUT2D eigenvalue weighted by atomic mass is 9.92. The van der Waals surface area contributed by atoms with Gasteiger partial charge in [0.1, 0.15) is 0 Å². The van der Waals surface area contributed by atoms with E-state index in [1.807, 2.05) is 30.0 Å². The van der Waals surface area contributed by atoms with Gasteiger partial charge in [-0.3, -0.25) is 0 Å². The van der Waals surface area contributed by atoms with Crippen LogP contribution in [0.2, 0.25) is 10.0 Å². The van der Waals surface area contributed by atoms with E-state index in [1.165, 1.54) is 17.9 Å². The summed E-state index contributed by atoms with van der Waals surface area (Å²) in [5.74, 6) is 3.13. The highest BCUT2D eigenvalue weighted by molar-refractivity contribution is 7.99. The maximum Gasteiger partial charge on any atom is 0.0454 e. The van der Waals surface area contributed by atoms with Crippen molar-refractivity contribution in [3.63, 3.8) is 0 Å². The molecule has 1 heterocycles. The molecule has 1 aromatic carbocycles. The van der Waals surface area contributed by atoms with Crippen molar-refractivity contribution < 1.29 is 0 Å². The van der Waals surface area contributed by atoms with Crippen LogP contribution < -0.4 is 5.32 Å². The lowest BCUT2D eigenvalue weighted by molar-refractivity contribution is 0.401. The van der Waals surface area contributed by atoms with E-state index in [0.717, 1.165) is 22.2 Å². The number of hydrogen-bond donors (Lipinski definition) is 1. The molecule has 2 unspecified atom stereocenters. The monoisotopic (exact) mass is 289 g/mol. The van der Waals surface area contributed by atoms with Crippen LogP contribution in [0.25, 0.3) is 0 Å². The van der Waals surface area contributed by atoms with Gasteiger partial charge in [0.2, 0.25) is 0 Å². The molecule has 1 aliphatic heterocycles. The molecular weight excluding hydrogens is 273 g/mol. The molecule has 0 aromatic heterocycles. The van der Waals surface area contributed by atoms with Gasteiger partial charge >= 0.3 is 0 Å². The van der Waals surface area contributed by atoms with Gasteiger partial charge in [-0.2, -0.15) is 11.8 Å². The predicted octanol–water partition coefficient (Wildman–Crippen LogP) is 4.40. The van der Waals surface area contributed by atoms with Gasteiger partial charge < -0.3 is 5.32 Å². The highest BCUT2D eigenvalue weighted by atomic mass is 35.5. The summed E-state index contributed by atoms with van der Waals surface area (Å²) in [4.78, 5) is 0. The van der Waals surface area contributed by atoms with E-state index in [4.69, 9.17) is 23.2 Å². The van der Waals surface area contributed by atoms with E-state index in [-0.39, 0.29) is 0 Å². The molecule has 94 valence electrons. The quantitative estimate of drug-likeness (QED) is 0.882. The second-order valence-corrected chi connectivity index (χ2v) is 6.32. The van der Waals surface area contributed by atoms with Gasteiger partial charge in [-0.15, -0.1) is 0 Å². The minimum absolute atomic E-state index is 0.334. The minimum Gasteiger partial charge on any atom is -0.310 e. The van der Waals surface area contributed by atoms with E-state index in [0.29, 0.717) is 12.0 Å². The van der Waals surface area contributed by atoms with Crippen LogP contribution in [-0.4, -0.2) is 18.1 Å². The highest BCUT2D eigenvalue weighted by Crippen LogP contribution is 2.37. The summed E-state index contributed by atoms with van der Waals surface area (Å²) in [6, 6.07) is 6.08. The fraction of sp³-hybridized carbons (Fsp3) is 0.538. The Morgan fingerprint density at radius 1 is 1.47 bits per heavy atom. The van der Waals surface area contributed by atoms with Gasteiger partial charge in [0, 0.05) is 16.1 Å². The maximum atomic E-state index is 6.30. The van der Waals surface area contributed by atoms with Crippen LogP contribution in [0.3, 0.4) is 0 Å². The Bertz CT molecular complexity index is 378. The first-order valence-electron chi connectivity index (χ1n) is 5.98. The SMILES string of the molecule is CCNC(c1cc(Cl)ccc1Cl)C1CCSC1. The fourth-order valence-corrected chi connectivity index (χ4v) is 4.03. The molecule has 4 heteroatoms. The van der Waals surface area contributed by atoms with E-state index in [9.17, 15) is 0 Å². The summed E-state index contributed by atoms with van der Waals surface area (Å²) in [5.41, 5.74) is 1.15. The van der Waals surface area contributed by atoms with Crippen molar-refractivity contribution in [2.75, 3.05) is 18.1 Å². The number of nitrogens with one attached hydrogen (secondary N) is 1. The first-order valence-corrected chi connectivity index (χ1v) is 7.89. The molecule has 0 saturated carbocycles. The van der Waals surface area contributed by atoms with Crippen LogP contribution in [0.1, 0.15) is 24.9 Å². The number of hydrogen-bond acceptors (Lipinski definition) is 2. The van der Waals surface area contributed by atoms with Crippen LogP contribution in [0.4, 0.5) is 0 Å². The molecule has 2 atom stereocenters. The van der Waals surface area contributed by atoms with Crippen molar-refractivity contribution in [3.8, 4) is 0 Å². The van der Waals surface area contributed by atoms with Gasteiger partial charge in [-0.25, -0.2) is 0 Å². The van der Waals surface area contributed by atoms with Gasteiger partial charge in [-0.05, 0) is 54.2 Å². The third-order valence-corrected chi connectivity index (χ3v) is 4.92. The zero-order valence-corrected chi connectivity index (χ0v) is 12.2. The molecule has 0 radical (unpaired) electrons. The number of halogens is 2. The zero-order valence-electron chi connectivity index (χ0n) is 9.88. The Hall–Kier alpha value is 0.110. The first-order chi connectivity index (χ1) is 8.22. The second-order valence-electron chi connectivity index (χ2n) is 4.32. The van der Waals surface area contributed by atoms with Crippen LogP contribution >= 0.6 is 35.0 Å². The lowest BCUT2D eigenvalue weighted by Crippen LogP contribution is -2.28. The van der Waals surface area contributed by atoms with Gasteiger partial charge in [0.25, 0.3) is 0 Å². The van der Waals surface area contributed by atoms with Crippen molar-refractivity contribution in [1.29, 1.82) is 0 Å². The highest BCUT2D eigenvalue weighted by Gasteiger charge is 2.27. The average molecular weight is 290 g/mol. The molecule has 1 aliphatic rings. The van der Waals surface area contributed by atoms with E-state index >= 15 is 0 Å². The van der Waals surface area contributed by atoms with Crippen LogP contribution in [-0.2, 0) is 0 Å². The van der Waals surface area contributed by atoms with Gasteiger partial charge in [0.15, 0.2) is 0 Å². The average Bonchev–Trinajstić information content (AvgIpc) is 2.83. The van der Waals surface area contributed by atoms with Crippen molar-refractivity contribution in [1.82, 2.24) is 5.32 Å². The zero-order chi connectivity index (χ0) is 12.3. The van der Waals surface area contributed by atoms with Gasteiger partial charge in [0.05, 0.1) is 0 Å². The smallest absolute Gasteiger partial charge is 0.0454 e. The van der Waals surface area contributed by atoms with Crippen LogP contribution in [0.5, 0.6) is 0 Å². The topological polar surface area (TPSA) is 12.0 Å². The Labute approximate surface area is 117 Å². The van der Waals surface area contributed by atoms with E-state index < -0.39 is 0 Å². The third-order valence-electron chi connectivity index (χ3n) is 3.15. The van der Waals surface area contributed by atoms with Crippen LogP contribution in [0.15, 0.2) is 18.2 Å². The van der Waals surface area contributed by atoms with Crippen LogP contribution in [0, 0.1) is 5.92 Å². The molecule has 1 nitrogen and oxygen atoms in total. The largest absolute Gasteiger partial charge is 0.310 e. The molecule has 0 amide bonds. The number of rotatable bonds is 4. The van der Waals surface area contributed by atoms with E-state index in [2.05, 4.69) is 12.2 Å². The number of thioether (sulfide) groups is 1. The Morgan fingerprint density at radius 3 is 2.94 bits per heavy atom. The lowest BCUT2D eigenvalue weighted by Gasteiger charge is -2.25. The van der Waals surface area contributed by atoms with Crippen molar-refractivity contribution in [2.24, 2.45) is 5.92 Å². The Kier molecular flexibility index (Phi) is 5.04. The summed E-state index contributed by atoms with van der Waals surface area (Å²) in [6.45, 7) is 3.09. The maximum absolute atomic E-state index is 6.30. The molecule has 1 N–H and O–H groups in total. The molecular formula is C13H17Cl2NS. The standard InChI is InChI=1S/C13H17Cl2NS/c1-2-16-13(9-5-6-17-8-9)11-7-10(14)3-4-12(11)15/h3-4,7,9,13,16H,2,5-6,8H2,1H3. The molecule has 2 rings (SSSR count). The summed E-state index contributed by atoms with van der Waals surface area (Å²) in [5, 5.41) is 5.13. The summed E-state index contributed by atoms with van der Waals surface area (Å²) in [7, 11) is 0. The van der Waals surface area contributed by atoms with Crippen molar-refractivity contribution in [3.05, 3.63) is 33.8 Å². The summed E-state index contributed by atoms with van der Waals surface area (Å²) >= 11 is 14.4. The molecule has 1 saturated heterocycles. The van der Waals surface area contributed by atoms with Crippen molar-refractivity contribution >= 4 is 35.0 Å². The predicted molar refractivity (Wildman–Crippen MR) is 78.3 cm³/mol. The Balaban J connectivity index is 2.27. The normalized spacial score (nSPS) is 21.7. The second kappa shape index (κ2) is 6.33. The first kappa shape index (κ1) is 13.5. The summed E-state index contributed by atoms with van der Waals surface area (Å²) < 4.78 is 0. The van der Waals surface area contributed by atoms with E-state index in [1.54, 1.807) is 0 Å². The molecule has 0 spiro atoms. The molecule has 17 heavy (non-hydrogen) atoms. The third kappa shape index (κ3) is 3.31. The fourth-order valence-electron chi connectivity index (χ4n) is 2.32. The minimum atomic E-state index is 0.334. The molecule has 1 fully saturated rings.